The molecule has 13 heavy (non-hydrogen) atoms. The Labute approximate surface area is 79.9 Å². The molecule has 0 saturated carbocycles. The summed E-state index contributed by atoms with van der Waals surface area (Å²) >= 11 is 0. The van der Waals surface area contributed by atoms with Gasteiger partial charge in [0.2, 0.25) is 0 Å². The molecular formula is C11H16N2. The molecule has 0 saturated heterocycles. The predicted octanol–water partition coefficient (Wildman–Crippen LogP) is 2.44. The number of anilines is 1. The largest absolute Gasteiger partial charge is 0.382 e. The van der Waals surface area contributed by atoms with Crippen molar-refractivity contribution >= 4 is 5.69 Å². The summed E-state index contributed by atoms with van der Waals surface area (Å²) in [5.74, 6) is 0. The van der Waals surface area contributed by atoms with E-state index in [1.807, 2.05) is 43.5 Å². The number of nitrogens with one attached hydrogen (secondary N) is 1. The molecular weight excluding hydrogens is 160 g/mol. The fourth-order valence-electron chi connectivity index (χ4n) is 1.01. The fraction of sp³-hybridized carbons (Fsp3) is 0.273. The first kappa shape index (κ1) is 9.65. The highest BCUT2D eigenvalue weighted by Crippen LogP contribution is 2.12. The highest BCUT2D eigenvalue weighted by Gasteiger charge is 1.91. The van der Waals surface area contributed by atoms with E-state index in [2.05, 4.69) is 24.4 Å². The molecule has 0 aromatic heterocycles. The highest BCUT2D eigenvalue weighted by molar-refractivity contribution is 5.51. The molecule has 2 nitrogen and oxygen atoms in total. The summed E-state index contributed by atoms with van der Waals surface area (Å²) in [5.41, 5.74) is 2.41. The minimum absolute atomic E-state index is 1.15. The Morgan fingerprint density at radius 3 is 2.54 bits per heavy atom. The van der Waals surface area contributed by atoms with Crippen molar-refractivity contribution in [2.75, 3.05) is 19.4 Å². The lowest BCUT2D eigenvalue weighted by Crippen LogP contribution is -2.02. The smallest absolute Gasteiger partial charge is 0.0409 e. The van der Waals surface area contributed by atoms with Crippen LogP contribution in [0.15, 0.2) is 36.7 Å². The zero-order valence-corrected chi connectivity index (χ0v) is 8.41. The van der Waals surface area contributed by atoms with Gasteiger partial charge in [0, 0.05) is 32.2 Å². The Hall–Kier alpha value is -1.44. The van der Waals surface area contributed by atoms with Crippen LogP contribution in [0.2, 0.25) is 0 Å². The number of nitrogens with zero attached hydrogens (tertiary/aromatic N) is 1. The van der Waals surface area contributed by atoms with E-state index >= 15 is 0 Å². The van der Waals surface area contributed by atoms with Crippen LogP contribution in [0.25, 0.3) is 0 Å². The third-order valence-electron chi connectivity index (χ3n) is 1.76. The zero-order valence-electron chi connectivity index (χ0n) is 8.41. The molecule has 0 aliphatic heterocycles. The second kappa shape index (κ2) is 4.55. The quantitative estimate of drug-likeness (QED) is 0.761. The summed E-state index contributed by atoms with van der Waals surface area (Å²) in [6.07, 6.45) is 3.91. The van der Waals surface area contributed by atoms with Gasteiger partial charge in [-0.15, -0.1) is 0 Å². The van der Waals surface area contributed by atoms with E-state index in [0.29, 0.717) is 0 Å². The molecule has 0 heterocycles. The predicted molar refractivity (Wildman–Crippen MR) is 57.6 cm³/mol. The van der Waals surface area contributed by atoms with Crippen LogP contribution in [0.3, 0.4) is 0 Å². The first-order chi connectivity index (χ1) is 6.20. The molecule has 1 rings (SSSR count). The van der Waals surface area contributed by atoms with E-state index in [0.717, 1.165) is 5.69 Å². The van der Waals surface area contributed by atoms with E-state index < -0.39 is 0 Å². The number of hydrogen-bond donors (Lipinski definition) is 1. The van der Waals surface area contributed by atoms with Crippen molar-refractivity contribution in [1.82, 2.24) is 4.90 Å². The lowest BCUT2D eigenvalue weighted by atomic mass is 10.2. The maximum absolute atomic E-state index is 3.22. The first-order valence-corrected chi connectivity index (χ1v) is 4.35. The van der Waals surface area contributed by atoms with E-state index in [4.69, 9.17) is 0 Å². The van der Waals surface area contributed by atoms with Crippen molar-refractivity contribution < 1.29 is 0 Å². The summed E-state index contributed by atoms with van der Waals surface area (Å²) in [5, 5.41) is 3.22. The molecule has 1 N–H and O–H groups in total. The Morgan fingerprint density at radius 1 is 1.23 bits per heavy atom. The molecule has 0 radical (unpaired) electrons. The van der Waals surface area contributed by atoms with Crippen molar-refractivity contribution in [2.45, 2.75) is 6.92 Å². The number of aryl methyl sites for hydroxylation is 1. The van der Waals surface area contributed by atoms with E-state index in [1.54, 1.807) is 0 Å². The zero-order chi connectivity index (χ0) is 9.68. The SMILES string of the molecule is Cc1ccccc1N/C=C\N(C)C. The number of hydrogen-bond acceptors (Lipinski definition) is 2. The van der Waals surface area contributed by atoms with Gasteiger partial charge >= 0.3 is 0 Å². The molecule has 0 unspecified atom stereocenters. The van der Waals surface area contributed by atoms with Crippen LogP contribution in [-0.2, 0) is 0 Å². The van der Waals surface area contributed by atoms with Crippen LogP contribution in [0.4, 0.5) is 5.69 Å². The van der Waals surface area contributed by atoms with Crippen LogP contribution in [0, 0.1) is 6.92 Å². The Balaban J connectivity index is 2.59. The summed E-state index contributed by atoms with van der Waals surface area (Å²) in [6, 6.07) is 8.22. The average molecular weight is 176 g/mol. The second-order valence-corrected chi connectivity index (χ2v) is 3.24. The van der Waals surface area contributed by atoms with Gasteiger partial charge in [0.1, 0.15) is 0 Å². The molecule has 70 valence electrons. The van der Waals surface area contributed by atoms with Gasteiger partial charge in [-0.25, -0.2) is 0 Å². The van der Waals surface area contributed by atoms with Gasteiger partial charge in [0.25, 0.3) is 0 Å². The standard InChI is InChI=1S/C11H16N2/c1-10-6-4-5-7-11(10)12-8-9-13(2)3/h4-9,12H,1-3H3/b9-8-. The lowest BCUT2D eigenvalue weighted by Gasteiger charge is -2.06. The Kier molecular flexibility index (Phi) is 3.38. The minimum Gasteiger partial charge on any atom is -0.382 e. The van der Waals surface area contributed by atoms with Crippen LogP contribution >= 0.6 is 0 Å². The van der Waals surface area contributed by atoms with Gasteiger partial charge in [-0.05, 0) is 18.6 Å². The van der Waals surface area contributed by atoms with Crippen LogP contribution in [0.5, 0.6) is 0 Å². The molecule has 0 spiro atoms. The van der Waals surface area contributed by atoms with Gasteiger partial charge in [0.05, 0.1) is 0 Å². The van der Waals surface area contributed by atoms with Crippen molar-refractivity contribution in [3.05, 3.63) is 42.2 Å². The maximum atomic E-state index is 3.22. The first-order valence-electron chi connectivity index (χ1n) is 4.35. The average Bonchev–Trinajstić information content (AvgIpc) is 2.08. The van der Waals surface area contributed by atoms with Gasteiger partial charge in [-0.2, -0.15) is 0 Å². The van der Waals surface area contributed by atoms with Crippen LogP contribution in [0.1, 0.15) is 5.56 Å². The summed E-state index contributed by atoms with van der Waals surface area (Å²) in [6.45, 7) is 2.09. The van der Waals surface area contributed by atoms with Gasteiger partial charge in [-0.3, -0.25) is 0 Å². The molecule has 0 bridgehead atoms. The topological polar surface area (TPSA) is 15.3 Å². The summed E-state index contributed by atoms with van der Waals surface area (Å²) < 4.78 is 0. The second-order valence-electron chi connectivity index (χ2n) is 3.24. The van der Waals surface area contributed by atoms with Gasteiger partial charge < -0.3 is 10.2 Å². The number of para-hydroxylation sites is 1. The lowest BCUT2D eigenvalue weighted by molar-refractivity contribution is 0.563. The van der Waals surface area contributed by atoms with Gasteiger partial charge in [0.15, 0.2) is 0 Å². The number of rotatable bonds is 3. The van der Waals surface area contributed by atoms with E-state index in [1.165, 1.54) is 5.56 Å². The van der Waals surface area contributed by atoms with Crippen LogP contribution in [-0.4, -0.2) is 19.0 Å². The van der Waals surface area contributed by atoms with Crippen molar-refractivity contribution in [2.24, 2.45) is 0 Å². The Morgan fingerprint density at radius 2 is 1.92 bits per heavy atom. The van der Waals surface area contributed by atoms with Gasteiger partial charge in [-0.1, -0.05) is 18.2 Å². The van der Waals surface area contributed by atoms with E-state index in [9.17, 15) is 0 Å². The third-order valence-corrected chi connectivity index (χ3v) is 1.76. The Bertz CT molecular complexity index is 290. The highest BCUT2D eigenvalue weighted by atomic mass is 15.0. The van der Waals surface area contributed by atoms with Crippen molar-refractivity contribution in [3.63, 3.8) is 0 Å². The molecule has 0 fully saturated rings. The van der Waals surface area contributed by atoms with Crippen LogP contribution < -0.4 is 5.32 Å². The summed E-state index contributed by atoms with van der Waals surface area (Å²) in [4.78, 5) is 1.99. The fourth-order valence-corrected chi connectivity index (χ4v) is 1.01. The maximum Gasteiger partial charge on any atom is 0.0409 e. The minimum atomic E-state index is 1.15. The van der Waals surface area contributed by atoms with E-state index in [-0.39, 0.29) is 0 Å². The molecule has 0 aliphatic carbocycles. The molecule has 0 atom stereocenters. The molecule has 2 heteroatoms. The normalized spacial score (nSPS) is 10.4. The van der Waals surface area contributed by atoms with Crippen molar-refractivity contribution in [1.29, 1.82) is 0 Å². The molecule has 0 amide bonds. The molecule has 1 aromatic rings. The molecule has 0 aliphatic rings. The molecule has 1 aromatic carbocycles. The third kappa shape index (κ3) is 3.20. The monoisotopic (exact) mass is 176 g/mol. The summed E-state index contributed by atoms with van der Waals surface area (Å²) in [7, 11) is 3.99. The number of benzene rings is 1. The van der Waals surface area contributed by atoms with Crippen molar-refractivity contribution in [3.8, 4) is 0 Å².